The van der Waals surface area contributed by atoms with Gasteiger partial charge in [-0.05, 0) is 25.2 Å². The quantitative estimate of drug-likeness (QED) is 0.692. The first kappa shape index (κ1) is 15.9. The number of aliphatic hydroxyl groups excluding tert-OH is 1. The number of hydrogen-bond acceptors (Lipinski definition) is 5. The van der Waals surface area contributed by atoms with Gasteiger partial charge < -0.3 is 14.6 Å². The van der Waals surface area contributed by atoms with Crippen molar-refractivity contribution in [2.24, 2.45) is 5.92 Å². The molecule has 1 aliphatic carbocycles. The van der Waals surface area contributed by atoms with Gasteiger partial charge in [0.1, 0.15) is 9.84 Å². The van der Waals surface area contributed by atoms with E-state index in [2.05, 4.69) is 0 Å². The van der Waals surface area contributed by atoms with Gasteiger partial charge in [0, 0.05) is 13.4 Å². The zero-order chi connectivity index (χ0) is 13.6. The third-order valence-electron chi connectivity index (χ3n) is 3.54. The SMILES string of the molecule is COCCOCC(O)C1CCCC(S(C)(=O)=O)C1. The molecule has 3 atom stereocenters. The molecule has 5 nitrogen and oxygen atoms in total. The third-order valence-corrected chi connectivity index (χ3v) is 5.18. The van der Waals surface area contributed by atoms with Crippen LogP contribution in [0.4, 0.5) is 0 Å². The molecule has 1 rings (SSSR count). The summed E-state index contributed by atoms with van der Waals surface area (Å²) in [5, 5.41) is 9.70. The Labute approximate surface area is 109 Å². The number of aliphatic hydroxyl groups is 1. The number of sulfone groups is 1. The highest BCUT2D eigenvalue weighted by Crippen LogP contribution is 2.30. The van der Waals surface area contributed by atoms with E-state index in [0.29, 0.717) is 26.1 Å². The van der Waals surface area contributed by atoms with Crippen LogP contribution >= 0.6 is 0 Å². The molecule has 1 saturated carbocycles. The number of rotatable bonds is 7. The monoisotopic (exact) mass is 280 g/mol. The summed E-state index contributed by atoms with van der Waals surface area (Å²) in [6.07, 6.45) is 3.70. The Morgan fingerprint density at radius 3 is 2.67 bits per heavy atom. The minimum Gasteiger partial charge on any atom is -0.390 e. The summed E-state index contributed by atoms with van der Waals surface area (Å²) in [6, 6.07) is 0. The average molecular weight is 280 g/mol. The van der Waals surface area contributed by atoms with E-state index in [9.17, 15) is 13.5 Å². The minimum atomic E-state index is -2.99. The van der Waals surface area contributed by atoms with Crippen LogP contribution in [0.25, 0.3) is 0 Å². The first-order valence-electron chi connectivity index (χ1n) is 6.38. The van der Waals surface area contributed by atoms with Crippen LogP contribution in [0.1, 0.15) is 25.7 Å². The van der Waals surface area contributed by atoms with E-state index in [-0.39, 0.29) is 17.8 Å². The molecule has 0 aromatic heterocycles. The van der Waals surface area contributed by atoms with Crippen LogP contribution in [0.15, 0.2) is 0 Å². The molecular formula is C12H24O5S. The van der Waals surface area contributed by atoms with Gasteiger partial charge in [-0.15, -0.1) is 0 Å². The Kier molecular flexibility index (Phi) is 6.55. The van der Waals surface area contributed by atoms with Gasteiger partial charge in [0.2, 0.25) is 0 Å². The second kappa shape index (κ2) is 7.43. The van der Waals surface area contributed by atoms with Gasteiger partial charge in [-0.25, -0.2) is 8.42 Å². The fraction of sp³-hybridized carbons (Fsp3) is 1.00. The maximum atomic E-state index is 11.5. The predicted molar refractivity (Wildman–Crippen MR) is 69.3 cm³/mol. The normalized spacial score (nSPS) is 27.1. The van der Waals surface area contributed by atoms with Gasteiger partial charge in [-0.1, -0.05) is 6.42 Å². The van der Waals surface area contributed by atoms with Gasteiger partial charge in [-0.2, -0.15) is 0 Å². The molecule has 18 heavy (non-hydrogen) atoms. The third kappa shape index (κ3) is 5.22. The Bertz CT molecular complexity index is 327. The van der Waals surface area contributed by atoms with E-state index >= 15 is 0 Å². The van der Waals surface area contributed by atoms with Gasteiger partial charge in [0.15, 0.2) is 0 Å². The molecule has 0 saturated heterocycles. The molecule has 1 N–H and O–H groups in total. The molecule has 0 spiro atoms. The van der Waals surface area contributed by atoms with Crippen molar-refractivity contribution in [3.8, 4) is 0 Å². The van der Waals surface area contributed by atoms with Gasteiger partial charge in [-0.3, -0.25) is 0 Å². The fourth-order valence-electron chi connectivity index (χ4n) is 2.40. The fourth-order valence-corrected chi connectivity index (χ4v) is 3.59. The van der Waals surface area contributed by atoms with E-state index in [4.69, 9.17) is 9.47 Å². The summed E-state index contributed by atoms with van der Waals surface area (Å²) in [4.78, 5) is 0. The van der Waals surface area contributed by atoms with Crippen LogP contribution in [-0.2, 0) is 19.3 Å². The summed E-state index contributed by atoms with van der Waals surface area (Å²) in [7, 11) is -1.40. The van der Waals surface area contributed by atoms with Crippen LogP contribution < -0.4 is 0 Å². The van der Waals surface area contributed by atoms with Crippen molar-refractivity contribution in [3.05, 3.63) is 0 Å². The Morgan fingerprint density at radius 1 is 1.33 bits per heavy atom. The highest BCUT2D eigenvalue weighted by molar-refractivity contribution is 7.91. The van der Waals surface area contributed by atoms with Crippen LogP contribution in [0, 0.1) is 5.92 Å². The number of methoxy groups -OCH3 is 1. The van der Waals surface area contributed by atoms with Crippen LogP contribution in [0.2, 0.25) is 0 Å². The summed E-state index contributed by atoms with van der Waals surface area (Å²) in [5.74, 6) is 0.0287. The topological polar surface area (TPSA) is 72.8 Å². The van der Waals surface area contributed by atoms with Gasteiger partial charge >= 0.3 is 0 Å². The highest BCUT2D eigenvalue weighted by Gasteiger charge is 2.32. The molecule has 0 radical (unpaired) electrons. The average Bonchev–Trinajstić information content (AvgIpc) is 2.33. The Morgan fingerprint density at radius 2 is 2.06 bits per heavy atom. The van der Waals surface area contributed by atoms with Crippen molar-refractivity contribution in [2.45, 2.75) is 37.0 Å². The van der Waals surface area contributed by atoms with Crippen LogP contribution in [0.5, 0.6) is 0 Å². The second-order valence-corrected chi connectivity index (χ2v) is 7.34. The molecule has 0 amide bonds. The van der Waals surface area contributed by atoms with Crippen molar-refractivity contribution in [1.29, 1.82) is 0 Å². The van der Waals surface area contributed by atoms with Crippen molar-refractivity contribution in [1.82, 2.24) is 0 Å². The standard InChI is InChI=1S/C12H24O5S/c1-16-6-7-17-9-12(13)10-4-3-5-11(8-10)18(2,14)15/h10-13H,3-9H2,1-2H3. The minimum absolute atomic E-state index is 0.0287. The largest absolute Gasteiger partial charge is 0.390 e. The smallest absolute Gasteiger partial charge is 0.150 e. The van der Waals surface area contributed by atoms with Crippen molar-refractivity contribution >= 4 is 9.84 Å². The van der Waals surface area contributed by atoms with E-state index in [0.717, 1.165) is 12.8 Å². The molecule has 0 aromatic rings. The molecule has 0 aromatic carbocycles. The molecule has 3 unspecified atom stereocenters. The first-order chi connectivity index (χ1) is 8.45. The summed E-state index contributed by atoms with van der Waals surface area (Å²) >= 11 is 0. The number of hydrogen-bond donors (Lipinski definition) is 1. The molecule has 0 aliphatic heterocycles. The lowest BCUT2D eigenvalue weighted by Crippen LogP contribution is -2.35. The predicted octanol–water partition coefficient (Wildman–Crippen LogP) is 0.614. The zero-order valence-corrected chi connectivity index (χ0v) is 12.0. The van der Waals surface area contributed by atoms with E-state index < -0.39 is 15.9 Å². The van der Waals surface area contributed by atoms with Crippen LogP contribution in [-0.4, -0.2) is 58.1 Å². The molecule has 108 valence electrons. The number of ether oxygens (including phenoxy) is 2. The van der Waals surface area contributed by atoms with Gasteiger partial charge in [0.05, 0.1) is 31.2 Å². The van der Waals surface area contributed by atoms with E-state index in [1.807, 2.05) is 0 Å². The van der Waals surface area contributed by atoms with Crippen molar-refractivity contribution in [3.63, 3.8) is 0 Å². The maximum absolute atomic E-state index is 11.5. The second-order valence-electron chi connectivity index (χ2n) is 5.01. The molecule has 6 heteroatoms. The Balaban J connectivity index is 2.36. The lowest BCUT2D eigenvalue weighted by Gasteiger charge is -2.31. The maximum Gasteiger partial charge on any atom is 0.150 e. The van der Waals surface area contributed by atoms with E-state index in [1.54, 1.807) is 7.11 Å². The molecule has 1 fully saturated rings. The first-order valence-corrected chi connectivity index (χ1v) is 8.34. The molecule has 1 aliphatic rings. The molecule has 0 heterocycles. The zero-order valence-electron chi connectivity index (χ0n) is 11.2. The van der Waals surface area contributed by atoms with Crippen molar-refractivity contribution < 1.29 is 23.0 Å². The molecular weight excluding hydrogens is 256 g/mol. The summed E-state index contributed by atoms with van der Waals surface area (Å²) in [5.41, 5.74) is 0. The lowest BCUT2D eigenvalue weighted by molar-refractivity contribution is -0.0178. The van der Waals surface area contributed by atoms with Crippen LogP contribution in [0.3, 0.4) is 0 Å². The Hall–Kier alpha value is -0.170. The van der Waals surface area contributed by atoms with Crippen molar-refractivity contribution in [2.75, 3.05) is 33.2 Å². The molecule has 0 bridgehead atoms. The summed E-state index contributed by atoms with van der Waals surface area (Å²) in [6.45, 7) is 1.21. The highest BCUT2D eigenvalue weighted by atomic mass is 32.2. The van der Waals surface area contributed by atoms with Gasteiger partial charge in [0.25, 0.3) is 0 Å². The lowest BCUT2D eigenvalue weighted by atomic mass is 9.85. The van der Waals surface area contributed by atoms with E-state index in [1.165, 1.54) is 6.26 Å². The summed E-state index contributed by atoms with van der Waals surface area (Å²) < 4.78 is 33.2.